The van der Waals surface area contributed by atoms with Crippen LogP contribution in [0.15, 0.2) is 24.3 Å². The lowest BCUT2D eigenvalue weighted by molar-refractivity contribution is 0.0600. The highest BCUT2D eigenvalue weighted by atomic mass is 16.5. The van der Waals surface area contributed by atoms with Gasteiger partial charge in [0.05, 0.1) is 12.7 Å². The molecule has 0 aliphatic heterocycles. The van der Waals surface area contributed by atoms with Crippen molar-refractivity contribution in [3.05, 3.63) is 29.8 Å². The van der Waals surface area contributed by atoms with E-state index in [1.807, 2.05) is 0 Å². The molecule has 5 heteroatoms. The highest BCUT2D eigenvalue weighted by Crippen LogP contribution is 2.11. The number of hydrogen-bond donors (Lipinski definition) is 2. The number of carbonyl (C=O) groups is 2. The molecular formula is C14H20N2O3. The van der Waals surface area contributed by atoms with Gasteiger partial charge in [-0.3, -0.25) is 0 Å². The first-order chi connectivity index (χ1) is 9.02. The summed E-state index contributed by atoms with van der Waals surface area (Å²) in [7, 11) is 1.32. The van der Waals surface area contributed by atoms with Crippen LogP contribution in [-0.2, 0) is 4.74 Å². The standard InChI is InChI=1S/C14H20N2O3/c1-10(2)7-8-15-14(18)16-12-6-4-5-11(9-12)13(17)19-3/h4-6,9-10H,7-8H2,1-3H3,(H2,15,16,18). The first-order valence-electron chi connectivity index (χ1n) is 6.26. The van der Waals surface area contributed by atoms with Gasteiger partial charge in [-0.2, -0.15) is 0 Å². The zero-order valence-electron chi connectivity index (χ0n) is 11.5. The van der Waals surface area contributed by atoms with Crippen molar-refractivity contribution < 1.29 is 14.3 Å². The van der Waals surface area contributed by atoms with Gasteiger partial charge in [-0.15, -0.1) is 0 Å². The van der Waals surface area contributed by atoms with E-state index in [0.717, 1.165) is 6.42 Å². The van der Waals surface area contributed by atoms with Crippen molar-refractivity contribution in [3.63, 3.8) is 0 Å². The first-order valence-corrected chi connectivity index (χ1v) is 6.26. The van der Waals surface area contributed by atoms with E-state index < -0.39 is 5.97 Å². The quantitative estimate of drug-likeness (QED) is 0.803. The van der Waals surface area contributed by atoms with Gasteiger partial charge in [0.15, 0.2) is 0 Å². The first kappa shape index (κ1) is 15.0. The average Bonchev–Trinajstić information content (AvgIpc) is 2.37. The number of amides is 2. The number of anilines is 1. The van der Waals surface area contributed by atoms with E-state index in [4.69, 9.17) is 0 Å². The molecule has 0 aliphatic rings. The Morgan fingerprint density at radius 3 is 2.68 bits per heavy atom. The largest absolute Gasteiger partial charge is 0.465 e. The summed E-state index contributed by atoms with van der Waals surface area (Å²) in [6.07, 6.45) is 0.926. The minimum Gasteiger partial charge on any atom is -0.465 e. The molecule has 2 amide bonds. The van der Waals surface area contributed by atoms with Gasteiger partial charge in [0.1, 0.15) is 0 Å². The maximum Gasteiger partial charge on any atom is 0.337 e. The zero-order valence-corrected chi connectivity index (χ0v) is 11.5. The number of rotatable bonds is 5. The Morgan fingerprint density at radius 2 is 2.05 bits per heavy atom. The number of carbonyl (C=O) groups excluding carboxylic acids is 2. The molecule has 0 radical (unpaired) electrons. The van der Waals surface area contributed by atoms with E-state index in [-0.39, 0.29) is 6.03 Å². The minimum absolute atomic E-state index is 0.275. The van der Waals surface area contributed by atoms with Gasteiger partial charge in [-0.05, 0) is 30.5 Å². The second kappa shape index (κ2) is 7.41. The van der Waals surface area contributed by atoms with Gasteiger partial charge in [0.2, 0.25) is 0 Å². The van der Waals surface area contributed by atoms with Crippen LogP contribution in [0.5, 0.6) is 0 Å². The fourth-order valence-corrected chi connectivity index (χ4v) is 1.49. The van der Waals surface area contributed by atoms with E-state index in [2.05, 4.69) is 29.2 Å². The number of esters is 1. The van der Waals surface area contributed by atoms with Gasteiger partial charge in [0, 0.05) is 12.2 Å². The second-order valence-electron chi connectivity index (χ2n) is 4.64. The predicted molar refractivity (Wildman–Crippen MR) is 74.3 cm³/mol. The van der Waals surface area contributed by atoms with Crippen molar-refractivity contribution in [1.29, 1.82) is 0 Å². The number of methoxy groups -OCH3 is 1. The summed E-state index contributed by atoms with van der Waals surface area (Å²) in [5.41, 5.74) is 0.965. The maximum absolute atomic E-state index is 11.6. The molecule has 1 aromatic rings. The lowest BCUT2D eigenvalue weighted by Crippen LogP contribution is -2.30. The molecule has 0 fully saturated rings. The molecule has 1 rings (SSSR count). The molecule has 0 saturated carbocycles. The van der Waals surface area contributed by atoms with Gasteiger partial charge >= 0.3 is 12.0 Å². The van der Waals surface area contributed by atoms with E-state index in [1.165, 1.54) is 7.11 Å². The Kier molecular flexibility index (Phi) is 5.85. The van der Waals surface area contributed by atoms with E-state index in [9.17, 15) is 9.59 Å². The van der Waals surface area contributed by atoms with Crippen molar-refractivity contribution in [2.45, 2.75) is 20.3 Å². The van der Waals surface area contributed by atoms with E-state index >= 15 is 0 Å². The van der Waals surface area contributed by atoms with Crippen LogP contribution in [0.2, 0.25) is 0 Å². The van der Waals surface area contributed by atoms with Crippen LogP contribution in [0.25, 0.3) is 0 Å². The van der Waals surface area contributed by atoms with Crippen molar-refractivity contribution >= 4 is 17.7 Å². The zero-order chi connectivity index (χ0) is 14.3. The number of ether oxygens (including phenoxy) is 1. The number of benzene rings is 1. The molecular weight excluding hydrogens is 244 g/mol. The highest BCUT2D eigenvalue weighted by molar-refractivity contribution is 5.93. The van der Waals surface area contributed by atoms with Crippen LogP contribution in [0.1, 0.15) is 30.6 Å². The molecule has 0 unspecified atom stereocenters. The maximum atomic E-state index is 11.6. The van der Waals surface area contributed by atoms with Gasteiger partial charge in [0.25, 0.3) is 0 Å². The summed E-state index contributed by atoms with van der Waals surface area (Å²) < 4.78 is 4.62. The summed E-state index contributed by atoms with van der Waals surface area (Å²) in [6.45, 7) is 4.82. The smallest absolute Gasteiger partial charge is 0.337 e. The molecule has 19 heavy (non-hydrogen) atoms. The van der Waals surface area contributed by atoms with Crippen LogP contribution >= 0.6 is 0 Å². The van der Waals surface area contributed by atoms with E-state index in [1.54, 1.807) is 24.3 Å². The fraction of sp³-hybridized carbons (Fsp3) is 0.429. The summed E-state index contributed by atoms with van der Waals surface area (Å²) in [6, 6.07) is 6.34. The van der Waals surface area contributed by atoms with Crippen molar-refractivity contribution in [3.8, 4) is 0 Å². The minimum atomic E-state index is -0.427. The van der Waals surface area contributed by atoms with E-state index in [0.29, 0.717) is 23.7 Å². The Labute approximate surface area is 113 Å². The topological polar surface area (TPSA) is 67.4 Å². The van der Waals surface area contributed by atoms with Gasteiger partial charge in [-0.25, -0.2) is 9.59 Å². The third kappa shape index (κ3) is 5.42. The molecule has 0 bridgehead atoms. The summed E-state index contributed by atoms with van der Waals surface area (Å²) in [5.74, 6) is 0.117. The third-order valence-electron chi connectivity index (χ3n) is 2.55. The Morgan fingerprint density at radius 1 is 1.32 bits per heavy atom. The van der Waals surface area contributed by atoms with Crippen LogP contribution in [-0.4, -0.2) is 25.7 Å². The molecule has 0 saturated heterocycles. The lowest BCUT2D eigenvalue weighted by Gasteiger charge is -2.09. The Balaban J connectivity index is 2.52. The Bertz CT molecular complexity index is 444. The monoisotopic (exact) mass is 264 g/mol. The summed E-state index contributed by atoms with van der Waals surface area (Å²) >= 11 is 0. The lowest BCUT2D eigenvalue weighted by atomic mass is 10.1. The summed E-state index contributed by atoms with van der Waals surface area (Å²) in [5, 5.41) is 5.44. The Hall–Kier alpha value is -2.04. The fourth-order valence-electron chi connectivity index (χ4n) is 1.49. The average molecular weight is 264 g/mol. The van der Waals surface area contributed by atoms with Gasteiger partial charge in [-0.1, -0.05) is 19.9 Å². The van der Waals surface area contributed by atoms with Crippen LogP contribution in [0.3, 0.4) is 0 Å². The SMILES string of the molecule is COC(=O)c1cccc(NC(=O)NCCC(C)C)c1. The molecule has 5 nitrogen and oxygen atoms in total. The number of urea groups is 1. The molecule has 0 spiro atoms. The third-order valence-corrected chi connectivity index (χ3v) is 2.55. The molecule has 0 aliphatic carbocycles. The van der Waals surface area contributed by atoms with Crippen molar-refractivity contribution in [2.75, 3.05) is 19.0 Å². The summed E-state index contributed by atoms with van der Waals surface area (Å²) in [4.78, 5) is 23.0. The molecule has 0 aromatic heterocycles. The predicted octanol–water partition coefficient (Wildman–Crippen LogP) is 2.64. The molecule has 1 aromatic carbocycles. The van der Waals surface area contributed by atoms with Crippen LogP contribution in [0, 0.1) is 5.92 Å². The molecule has 104 valence electrons. The molecule has 0 heterocycles. The van der Waals surface area contributed by atoms with Crippen LogP contribution < -0.4 is 10.6 Å². The normalized spacial score (nSPS) is 10.1. The van der Waals surface area contributed by atoms with Crippen molar-refractivity contribution in [2.24, 2.45) is 5.92 Å². The second-order valence-corrected chi connectivity index (χ2v) is 4.64. The molecule has 0 atom stereocenters. The molecule has 2 N–H and O–H groups in total. The van der Waals surface area contributed by atoms with Gasteiger partial charge < -0.3 is 15.4 Å². The number of hydrogen-bond acceptors (Lipinski definition) is 3. The van der Waals surface area contributed by atoms with Crippen molar-refractivity contribution in [1.82, 2.24) is 5.32 Å². The number of nitrogens with one attached hydrogen (secondary N) is 2. The van der Waals surface area contributed by atoms with Crippen LogP contribution in [0.4, 0.5) is 10.5 Å². The highest BCUT2D eigenvalue weighted by Gasteiger charge is 2.07.